The van der Waals surface area contributed by atoms with Crippen LogP contribution in [0.15, 0.2) is 42.5 Å². The molecule has 0 radical (unpaired) electrons. The fourth-order valence-electron chi connectivity index (χ4n) is 2.41. The van der Waals surface area contributed by atoms with Crippen molar-refractivity contribution in [2.75, 3.05) is 0 Å². The highest BCUT2D eigenvalue weighted by Gasteiger charge is 2.44. The zero-order valence-corrected chi connectivity index (χ0v) is 10.5. The molecule has 88 valence electrons. The van der Waals surface area contributed by atoms with Gasteiger partial charge in [0.2, 0.25) is 0 Å². The summed E-state index contributed by atoms with van der Waals surface area (Å²) >= 11 is 0. The van der Waals surface area contributed by atoms with Crippen LogP contribution in [-0.2, 0) is 6.54 Å². The summed E-state index contributed by atoms with van der Waals surface area (Å²) in [6.45, 7) is 5.63. The molecule has 1 saturated carbocycles. The Morgan fingerprint density at radius 2 is 1.82 bits per heavy atom. The molecule has 0 heterocycles. The van der Waals surface area contributed by atoms with Gasteiger partial charge < -0.3 is 5.32 Å². The van der Waals surface area contributed by atoms with Crippen LogP contribution in [0, 0.1) is 5.41 Å². The van der Waals surface area contributed by atoms with Crippen molar-refractivity contribution < 1.29 is 0 Å². The summed E-state index contributed by atoms with van der Waals surface area (Å²) in [6.07, 6.45) is 1.31. The lowest BCUT2D eigenvalue weighted by Gasteiger charge is -2.07. The molecule has 1 atom stereocenters. The predicted octanol–water partition coefficient (Wildman–Crippen LogP) is 3.73. The fraction of sp³-hybridized carbons (Fsp3) is 0.375. The SMILES string of the molecule is CC1(C)CC1NCc1ccc2ccccc2c1. The van der Waals surface area contributed by atoms with Crippen molar-refractivity contribution in [2.45, 2.75) is 32.9 Å². The van der Waals surface area contributed by atoms with E-state index in [1.54, 1.807) is 0 Å². The van der Waals surface area contributed by atoms with Crippen LogP contribution in [0.2, 0.25) is 0 Å². The second-order valence-corrected chi connectivity index (χ2v) is 5.81. The smallest absolute Gasteiger partial charge is 0.0208 e. The molecule has 1 aliphatic rings. The first-order chi connectivity index (χ1) is 8.15. The molecule has 0 spiro atoms. The third kappa shape index (κ3) is 2.20. The Morgan fingerprint density at radius 1 is 1.12 bits per heavy atom. The van der Waals surface area contributed by atoms with E-state index in [9.17, 15) is 0 Å². The molecule has 0 aliphatic heterocycles. The first-order valence-corrected chi connectivity index (χ1v) is 6.36. The Balaban J connectivity index is 1.73. The summed E-state index contributed by atoms with van der Waals surface area (Å²) in [6, 6.07) is 16.0. The van der Waals surface area contributed by atoms with Crippen LogP contribution in [0.3, 0.4) is 0 Å². The van der Waals surface area contributed by atoms with Gasteiger partial charge in [0.25, 0.3) is 0 Å². The van der Waals surface area contributed by atoms with E-state index in [0.29, 0.717) is 11.5 Å². The summed E-state index contributed by atoms with van der Waals surface area (Å²) in [7, 11) is 0. The Bertz CT molecular complexity index is 542. The number of nitrogens with one attached hydrogen (secondary N) is 1. The third-order valence-electron chi connectivity index (χ3n) is 3.88. The molecular formula is C16H19N. The van der Waals surface area contributed by atoms with Gasteiger partial charge in [-0.2, -0.15) is 0 Å². The van der Waals surface area contributed by atoms with Crippen LogP contribution in [-0.4, -0.2) is 6.04 Å². The van der Waals surface area contributed by atoms with Crippen LogP contribution < -0.4 is 5.32 Å². The molecule has 3 rings (SSSR count). The summed E-state index contributed by atoms with van der Waals surface area (Å²) in [5, 5.41) is 6.29. The number of rotatable bonds is 3. The van der Waals surface area contributed by atoms with Crippen molar-refractivity contribution in [3.05, 3.63) is 48.0 Å². The Morgan fingerprint density at radius 3 is 2.53 bits per heavy atom. The molecule has 2 aromatic carbocycles. The summed E-state index contributed by atoms with van der Waals surface area (Å²) in [5.74, 6) is 0. The molecule has 1 heteroatoms. The van der Waals surface area contributed by atoms with Crippen molar-refractivity contribution in [1.82, 2.24) is 5.32 Å². The maximum Gasteiger partial charge on any atom is 0.0208 e. The molecule has 1 nitrogen and oxygen atoms in total. The zero-order chi connectivity index (χ0) is 11.9. The molecule has 1 fully saturated rings. The number of fused-ring (bicyclic) bond motifs is 1. The van der Waals surface area contributed by atoms with Crippen LogP contribution in [0.4, 0.5) is 0 Å². The van der Waals surface area contributed by atoms with E-state index in [4.69, 9.17) is 0 Å². The van der Waals surface area contributed by atoms with E-state index in [2.05, 4.69) is 61.6 Å². The second-order valence-electron chi connectivity index (χ2n) is 5.81. The van der Waals surface area contributed by atoms with E-state index in [1.165, 1.54) is 22.8 Å². The van der Waals surface area contributed by atoms with Crippen LogP contribution in [0.1, 0.15) is 25.8 Å². The van der Waals surface area contributed by atoms with Crippen molar-refractivity contribution in [3.8, 4) is 0 Å². The monoisotopic (exact) mass is 225 g/mol. The summed E-state index contributed by atoms with van der Waals surface area (Å²) < 4.78 is 0. The number of hydrogen-bond donors (Lipinski definition) is 1. The van der Waals surface area contributed by atoms with E-state index in [-0.39, 0.29) is 0 Å². The van der Waals surface area contributed by atoms with Gasteiger partial charge in [0.05, 0.1) is 0 Å². The van der Waals surface area contributed by atoms with Crippen molar-refractivity contribution in [1.29, 1.82) is 0 Å². The minimum atomic E-state index is 0.511. The molecular weight excluding hydrogens is 206 g/mol. The van der Waals surface area contributed by atoms with Crippen LogP contribution in [0.25, 0.3) is 10.8 Å². The molecule has 1 unspecified atom stereocenters. The van der Waals surface area contributed by atoms with Crippen molar-refractivity contribution in [3.63, 3.8) is 0 Å². The average molecular weight is 225 g/mol. The normalized spacial score (nSPS) is 21.6. The molecule has 0 aromatic heterocycles. The van der Waals surface area contributed by atoms with E-state index in [0.717, 1.165) is 6.54 Å². The van der Waals surface area contributed by atoms with Gasteiger partial charge in [0, 0.05) is 12.6 Å². The molecule has 17 heavy (non-hydrogen) atoms. The topological polar surface area (TPSA) is 12.0 Å². The maximum absolute atomic E-state index is 3.63. The molecule has 0 saturated heterocycles. The summed E-state index contributed by atoms with van der Waals surface area (Å²) in [5.41, 5.74) is 1.89. The molecule has 1 N–H and O–H groups in total. The zero-order valence-electron chi connectivity index (χ0n) is 10.5. The summed E-state index contributed by atoms with van der Waals surface area (Å²) in [4.78, 5) is 0. The van der Waals surface area contributed by atoms with Gasteiger partial charge in [-0.1, -0.05) is 50.2 Å². The van der Waals surface area contributed by atoms with Gasteiger partial charge in [-0.15, -0.1) is 0 Å². The van der Waals surface area contributed by atoms with Crippen LogP contribution in [0.5, 0.6) is 0 Å². The standard InChI is InChI=1S/C16H19N/c1-16(2)10-15(16)17-11-12-7-8-13-5-3-4-6-14(13)9-12/h3-9,15,17H,10-11H2,1-2H3. The maximum atomic E-state index is 3.63. The highest BCUT2D eigenvalue weighted by atomic mass is 15.0. The predicted molar refractivity (Wildman–Crippen MR) is 73.0 cm³/mol. The molecule has 1 aliphatic carbocycles. The lowest BCUT2D eigenvalue weighted by Crippen LogP contribution is -2.19. The van der Waals surface area contributed by atoms with E-state index >= 15 is 0 Å². The van der Waals surface area contributed by atoms with Crippen molar-refractivity contribution in [2.24, 2.45) is 5.41 Å². The molecule has 2 aromatic rings. The van der Waals surface area contributed by atoms with Gasteiger partial charge in [-0.05, 0) is 34.2 Å². The highest BCUT2D eigenvalue weighted by molar-refractivity contribution is 5.82. The number of hydrogen-bond acceptors (Lipinski definition) is 1. The number of benzene rings is 2. The second kappa shape index (κ2) is 3.85. The molecule has 0 bridgehead atoms. The minimum Gasteiger partial charge on any atom is -0.309 e. The lowest BCUT2D eigenvalue weighted by atomic mass is 10.1. The van der Waals surface area contributed by atoms with E-state index < -0.39 is 0 Å². The van der Waals surface area contributed by atoms with Crippen molar-refractivity contribution >= 4 is 10.8 Å². The van der Waals surface area contributed by atoms with E-state index in [1.807, 2.05) is 0 Å². The van der Waals surface area contributed by atoms with Gasteiger partial charge in [0.15, 0.2) is 0 Å². The quantitative estimate of drug-likeness (QED) is 0.839. The fourth-order valence-corrected chi connectivity index (χ4v) is 2.41. The third-order valence-corrected chi connectivity index (χ3v) is 3.88. The van der Waals surface area contributed by atoms with Gasteiger partial charge in [-0.25, -0.2) is 0 Å². The Labute approximate surface area is 103 Å². The minimum absolute atomic E-state index is 0.511. The lowest BCUT2D eigenvalue weighted by molar-refractivity contribution is 0.542. The Kier molecular flexibility index (Phi) is 2.44. The first kappa shape index (κ1) is 10.8. The Hall–Kier alpha value is -1.34. The first-order valence-electron chi connectivity index (χ1n) is 6.36. The van der Waals surface area contributed by atoms with Crippen LogP contribution >= 0.6 is 0 Å². The van der Waals surface area contributed by atoms with Gasteiger partial charge in [-0.3, -0.25) is 0 Å². The molecule has 0 amide bonds. The largest absolute Gasteiger partial charge is 0.309 e. The van der Waals surface area contributed by atoms with Gasteiger partial charge >= 0.3 is 0 Å². The average Bonchev–Trinajstić information content (AvgIpc) is 2.94. The van der Waals surface area contributed by atoms with Gasteiger partial charge in [0.1, 0.15) is 0 Å². The highest BCUT2D eigenvalue weighted by Crippen LogP contribution is 2.44.